The number of nitrogens with two attached hydrogens (primary N) is 3. The largest absolute Gasteiger partial charge is 0.370 e. The summed E-state index contributed by atoms with van der Waals surface area (Å²) in [5, 5.41) is 4.66. The van der Waals surface area contributed by atoms with Crippen molar-refractivity contribution in [2.45, 2.75) is 37.2 Å². The van der Waals surface area contributed by atoms with Crippen molar-refractivity contribution in [3.8, 4) is 0 Å². The minimum Gasteiger partial charge on any atom is -0.370 e. The van der Waals surface area contributed by atoms with E-state index in [4.69, 9.17) is 5.73 Å². The Morgan fingerprint density at radius 2 is 1.53 bits per heavy atom. The quantitative estimate of drug-likeness (QED) is 0.300. The van der Waals surface area contributed by atoms with E-state index in [9.17, 15) is 22.8 Å². The van der Waals surface area contributed by atoms with Crippen LogP contribution in [0.5, 0.6) is 0 Å². The van der Waals surface area contributed by atoms with Crippen LogP contribution in [0.2, 0.25) is 0 Å². The molecule has 0 heterocycles. The van der Waals surface area contributed by atoms with Gasteiger partial charge in [0.25, 0.3) is 0 Å². The number of likely N-dealkylation sites (N-methyl/N-ethyl adjacent to an activating group) is 1. The molecule has 3 amide bonds. The minimum atomic E-state index is -3.90. The standard InChI is InChI=1S/C16H24N4O5S.2CH5N/c1-11(2)20(26(24,25)12-7-5-4-6-8-12)10-15(22)19-13(9-14(17)21)16(23)18-3;2*1-2/h4-8,11,13H,9-10H2,1-3H3,(H2,17,21)(H,18,23)(H,19,22);2*2H2,1H3/t13-;;/m0../s1. The smallest absolute Gasteiger partial charge is 0.243 e. The van der Waals surface area contributed by atoms with Crippen molar-refractivity contribution in [1.82, 2.24) is 14.9 Å². The van der Waals surface area contributed by atoms with Crippen LogP contribution in [-0.4, -0.2) is 70.2 Å². The molecule has 0 saturated heterocycles. The first-order chi connectivity index (χ1) is 14.1. The Labute approximate surface area is 178 Å². The molecule has 12 heteroatoms. The molecule has 0 aliphatic heterocycles. The maximum atomic E-state index is 12.8. The van der Waals surface area contributed by atoms with Gasteiger partial charge < -0.3 is 27.8 Å². The van der Waals surface area contributed by atoms with Crippen LogP contribution in [0.4, 0.5) is 0 Å². The van der Waals surface area contributed by atoms with Gasteiger partial charge in [-0.15, -0.1) is 0 Å². The van der Waals surface area contributed by atoms with Crippen LogP contribution in [0.1, 0.15) is 20.3 Å². The lowest BCUT2D eigenvalue weighted by Gasteiger charge is -2.26. The molecule has 0 bridgehead atoms. The second kappa shape index (κ2) is 15.3. The topological polar surface area (TPSA) is 191 Å². The van der Waals surface area contributed by atoms with Crippen molar-refractivity contribution in [1.29, 1.82) is 0 Å². The van der Waals surface area contributed by atoms with E-state index in [0.29, 0.717) is 0 Å². The van der Waals surface area contributed by atoms with Crippen LogP contribution in [-0.2, 0) is 24.4 Å². The van der Waals surface area contributed by atoms with Crippen molar-refractivity contribution >= 4 is 27.7 Å². The van der Waals surface area contributed by atoms with Gasteiger partial charge in [-0.05, 0) is 40.1 Å². The molecular formula is C18H34N6O5S. The fraction of sp³-hybridized carbons (Fsp3) is 0.500. The molecular weight excluding hydrogens is 412 g/mol. The number of benzene rings is 1. The third-order valence-electron chi connectivity index (χ3n) is 3.53. The lowest BCUT2D eigenvalue weighted by atomic mass is 10.2. The Balaban J connectivity index is 0. The SMILES string of the molecule is CN.CN.CNC(=O)[C@H](CC(N)=O)NC(=O)CN(C(C)C)S(=O)(=O)c1ccccc1. The highest BCUT2D eigenvalue weighted by molar-refractivity contribution is 7.89. The van der Waals surface area contributed by atoms with Gasteiger partial charge in [0.2, 0.25) is 27.7 Å². The fourth-order valence-electron chi connectivity index (χ4n) is 2.24. The van der Waals surface area contributed by atoms with Gasteiger partial charge in [0.1, 0.15) is 6.04 Å². The zero-order valence-corrected chi connectivity index (χ0v) is 18.9. The average molecular weight is 447 g/mol. The van der Waals surface area contributed by atoms with Crippen LogP contribution in [0, 0.1) is 0 Å². The number of nitrogens with zero attached hydrogens (tertiary/aromatic N) is 1. The van der Waals surface area contributed by atoms with Crippen molar-refractivity contribution in [3.05, 3.63) is 30.3 Å². The number of amides is 3. The first kappa shape index (κ1) is 29.7. The summed E-state index contributed by atoms with van der Waals surface area (Å²) in [5.41, 5.74) is 14.1. The fourth-order valence-corrected chi connectivity index (χ4v) is 3.85. The van der Waals surface area contributed by atoms with Gasteiger partial charge in [0.15, 0.2) is 0 Å². The molecule has 30 heavy (non-hydrogen) atoms. The van der Waals surface area contributed by atoms with E-state index in [0.717, 1.165) is 4.31 Å². The molecule has 0 spiro atoms. The molecule has 0 radical (unpaired) electrons. The van der Waals surface area contributed by atoms with Crippen LogP contribution < -0.4 is 27.8 Å². The van der Waals surface area contributed by atoms with E-state index in [1.807, 2.05) is 0 Å². The molecule has 0 aliphatic rings. The number of carbonyl (C=O) groups excluding carboxylic acids is 3. The second-order valence-corrected chi connectivity index (χ2v) is 7.75. The van der Waals surface area contributed by atoms with Crippen LogP contribution in [0.15, 0.2) is 35.2 Å². The molecule has 1 atom stereocenters. The molecule has 0 aliphatic carbocycles. The minimum absolute atomic E-state index is 0.0569. The van der Waals surface area contributed by atoms with E-state index in [-0.39, 0.29) is 4.90 Å². The molecule has 0 saturated carbocycles. The molecule has 1 aromatic carbocycles. The Morgan fingerprint density at radius 3 is 1.93 bits per heavy atom. The summed E-state index contributed by atoms with van der Waals surface area (Å²) in [6.45, 7) is 2.77. The van der Waals surface area contributed by atoms with Crippen LogP contribution in [0.25, 0.3) is 0 Å². The maximum Gasteiger partial charge on any atom is 0.243 e. The van der Waals surface area contributed by atoms with Crippen molar-refractivity contribution < 1.29 is 22.8 Å². The summed E-state index contributed by atoms with van der Waals surface area (Å²) in [5.74, 6) is -2.08. The summed E-state index contributed by atoms with van der Waals surface area (Å²) < 4.78 is 26.5. The highest BCUT2D eigenvalue weighted by Gasteiger charge is 2.30. The molecule has 0 aromatic heterocycles. The van der Waals surface area contributed by atoms with Gasteiger partial charge in [-0.25, -0.2) is 8.42 Å². The third kappa shape index (κ3) is 9.78. The lowest BCUT2D eigenvalue weighted by Crippen LogP contribution is -2.51. The summed E-state index contributed by atoms with van der Waals surface area (Å²) >= 11 is 0. The molecule has 172 valence electrons. The Morgan fingerprint density at radius 1 is 1.03 bits per heavy atom. The predicted molar refractivity (Wildman–Crippen MR) is 116 cm³/mol. The normalized spacial score (nSPS) is 11.4. The van der Waals surface area contributed by atoms with E-state index < -0.39 is 52.8 Å². The summed E-state index contributed by atoms with van der Waals surface area (Å²) in [6.07, 6.45) is -0.390. The zero-order chi connectivity index (χ0) is 23.9. The molecule has 1 rings (SSSR count). The average Bonchev–Trinajstić information content (AvgIpc) is 2.73. The van der Waals surface area contributed by atoms with Crippen molar-refractivity contribution in [3.63, 3.8) is 0 Å². The van der Waals surface area contributed by atoms with Crippen molar-refractivity contribution in [2.75, 3.05) is 27.7 Å². The third-order valence-corrected chi connectivity index (χ3v) is 5.56. The van der Waals surface area contributed by atoms with E-state index in [2.05, 4.69) is 22.1 Å². The maximum absolute atomic E-state index is 12.8. The summed E-state index contributed by atoms with van der Waals surface area (Å²) in [4.78, 5) is 35.2. The van der Waals surface area contributed by atoms with Gasteiger partial charge in [-0.2, -0.15) is 4.31 Å². The predicted octanol–water partition coefficient (Wildman–Crippen LogP) is -1.66. The number of sulfonamides is 1. The highest BCUT2D eigenvalue weighted by Crippen LogP contribution is 2.17. The number of rotatable bonds is 9. The molecule has 8 N–H and O–H groups in total. The number of hydrogen-bond acceptors (Lipinski definition) is 7. The summed E-state index contributed by atoms with van der Waals surface area (Å²) in [6, 6.07) is 6.05. The van der Waals surface area contributed by atoms with Gasteiger partial charge in [0, 0.05) is 13.1 Å². The summed E-state index contributed by atoms with van der Waals surface area (Å²) in [7, 11) is 0.450. The molecule has 11 nitrogen and oxygen atoms in total. The Kier molecular flexibility index (Phi) is 15.1. The van der Waals surface area contributed by atoms with E-state index >= 15 is 0 Å². The lowest BCUT2D eigenvalue weighted by molar-refractivity contribution is -0.131. The van der Waals surface area contributed by atoms with Gasteiger partial charge in [0.05, 0.1) is 17.9 Å². The number of nitrogens with one attached hydrogen (secondary N) is 2. The second-order valence-electron chi connectivity index (χ2n) is 5.86. The monoisotopic (exact) mass is 446 g/mol. The molecule has 1 aromatic rings. The van der Waals surface area contributed by atoms with Gasteiger partial charge >= 0.3 is 0 Å². The molecule has 0 fully saturated rings. The van der Waals surface area contributed by atoms with Crippen LogP contribution >= 0.6 is 0 Å². The number of primary amides is 1. The van der Waals surface area contributed by atoms with E-state index in [1.54, 1.807) is 32.0 Å². The Bertz CT molecular complexity index is 756. The van der Waals surface area contributed by atoms with Crippen molar-refractivity contribution in [2.24, 2.45) is 17.2 Å². The number of carbonyl (C=O) groups is 3. The van der Waals surface area contributed by atoms with Gasteiger partial charge in [-0.3, -0.25) is 14.4 Å². The Hall–Kier alpha value is -2.54. The molecule has 0 unspecified atom stereocenters. The number of hydrogen-bond donors (Lipinski definition) is 5. The first-order valence-electron chi connectivity index (χ1n) is 9.11. The first-order valence-corrected chi connectivity index (χ1v) is 10.5. The zero-order valence-electron chi connectivity index (χ0n) is 18.1. The van der Waals surface area contributed by atoms with E-state index in [1.165, 1.54) is 33.3 Å². The van der Waals surface area contributed by atoms with Crippen LogP contribution in [0.3, 0.4) is 0 Å². The highest BCUT2D eigenvalue weighted by atomic mass is 32.2. The van der Waals surface area contributed by atoms with Gasteiger partial charge in [-0.1, -0.05) is 18.2 Å².